The molecule has 0 radical (unpaired) electrons. The summed E-state index contributed by atoms with van der Waals surface area (Å²) < 4.78 is 2.94. The highest BCUT2D eigenvalue weighted by Gasteiger charge is 2.11. The van der Waals surface area contributed by atoms with Gasteiger partial charge in [0.1, 0.15) is 5.82 Å². The molecule has 0 unspecified atom stereocenters. The van der Waals surface area contributed by atoms with E-state index in [0.717, 1.165) is 21.6 Å². The number of hydrogen-bond donors (Lipinski definition) is 1. The molecule has 2 rings (SSSR count). The molecule has 2 aromatic rings. The minimum Gasteiger partial charge on any atom is -0.383 e. The van der Waals surface area contributed by atoms with Crippen LogP contribution in [0, 0.1) is 24.3 Å². The van der Waals surface area contributed by atoms with Crippen molar-refractivity contribution < 1.29 is 0 Å². The Morgan fingerprint density at radius 1 is 1.44 bits per heavy atom. The molecule has 0 fully saturated rings. The van der Waals surface area contributed by atoms with Gasteiger partial charge in [-0.25, -0.2) is 4.68 Å². The number of nitrogens with two attached hydrogens (primary N) is 1. The fourth-order valence-corrected chi connectivity index (χ4v) is 3.02. The molecule has 0 bridgehead atoms. The van der Waals surface area contributed by atoms with E-state index in [4.69, 9.17) is 5.73 Å². The predicted molar refractivity (Wildman–Crippen MR) is 77.0 cm³/mol. The van der Waals surface area contributed by atoms with Crippen LogP contribution in [-0.4, -0.2) is 9.78 Å². The SMILES string of the molecule is Cc1cc(Cn2nc(C)c(I)c2N)c(C)s1. The average Bonchev–Trinajstić information content (AvgIpc) is 2.64. The maximum absolute atomic E-state index is 6.00. The molecular formula is C11H14IN3S. The molecule has 0 amide bonds. The van der Waals surface area contributed by atoms with Crippen molar-refractivity contribution in [3.63, 3.8) is 0 Å². The highest BCUT2D eigenvalue weighted by molar-refractivity contribution is 14.1. The standard InChI is InChI=1S/C11H14IN3S/c1-6-4-9(8(3)16-6)5-15-11(13)10(12)7(2)14-15/h4H,5,13H2,1-3H3. The molecule has 0 aromatic carbocycles. The summed E-state index contributed by atoms with van der Waals surface area (Å²) >= 11 is 4.06. The Bertz CT molecular complexity index is 528. The Labute approximate surface area is 113 Å². The van der Waals surface area contributed by atoms with Gasteiger partial charge in [-0.2, -0.15) is 5.10 Å². The lowest BCUT2D eigenvalue weighted by Crippen LogP contribution is -2.06. The quantitative estimate of drug-likeness (QED) is 0.849. The van der Waals surface area contributed by atoms with E-state index in [-0.39, 0.29) is 0 Å². The summed E-state index contributed by atoms with van der Waals surface area (Å²) in [5.41, 5.74) is 8.32. The molecule has 0 spiro atoms. The maximum atomic E-state index is 6.00. The van der Waals surface area contributed by atoms with Crippen LogP contribution in [0.3, 0.4) is 0 Å². The van der Waals surface area contributed by atoms with Crippen LogP contribution in [0.1, 0.15) is 21.0 Å². The Kier molecular flexibility index (Phi) is 3.25. The first kappa shape index (κ1) is 11.9. The Balaban J connectivity index is 2.34. The molecule has 86 valence electrons. The summed E-state index contributed by atoms with van der Waals surface area (Å²) in [5.74, 6) is 0.765. The molecule has 16 heavy (non-hydrogen) atoms. The average molecular weight is 347 g/mol. The summed E-state index contributed by atoms with van der Waals surface area (Å²) in [6.45, 7) is 7.03. The van der Waals surface area contributed by atoms with Gasteiger partial charge in [0.2, 0.25) is 0 Å². The molecule has 0 aliphatic carbocycles. The number of thiophene rings is 1. The van der Waals surface area contributed by atoms with Crippen molar-refractivity contribution in [2.75, 3.05) is 5.73 Å². The minimum atomic E-state index is 0.765. The largest absolute Gasteiger partial charge is 0.383 e. The first-order valence-corrected chi connectivity index (χ1v) is 6.93. The Hall–Kier alpha value is -0.560. The normalized spacial score (nSPS) is 11.0. The minimum absolute atomic E-state index is 0.765. The second-order valence-corrected chi connectivity index (χ2v) is 6.42. The molecule has 2 heterocycles. The van der Waals surface area contributed by atoms with Crippen LogP contribution in [0.5, 0.6) is 0 Å². The molecular weight excluding hydrogens is 333 g/mol. The van der Waals surface area contributed by atoms with Gasteiger partial charge in [-0.05, 0) is 55.0 Å². The van der Waals surface area contributed by atoms with Crippen molar-refractivity contribution in [1.82, 2.24) is 9.78 Å². The van der Waals surface area contributed by atoms with E-state index in [0.29, 0.717) is 0 Å². The van der Waals surface area contributed by atoms with Gasteiger partial charge in [0.05, 0.1) is 15.8 Å². The van der Waals surface area contributed by atoms with E-state index in [1.165, 1.54) is 15.3 Å². The second-order valence-electron chi connectivity index (χ2n) is 3.88. The maximum Gasteiger partial charge on any atom is 0.135 e. The smallest absolute Gasteiger partial charge is 0.135 e. The summed E-state index contributed by atoms with van der Waals surface area (Å²) in [7, 11) is 0. The van der Waals surface area contributed by atoms with E-state index < -0.39 is 0 Å². The number of halogens is 1. The number of nitrogens with zero attached hydrogens (tertiary/aromatic N) is 2. The zero-order valence-electron chi connectivity index (χ0n) is 9.54. The van der Waals surface area contributed by atoms with E-state index in [2.05, 4.69) is 47.6 Å². The molecule has 5 heteroatoms. The predicted octanol–water partition coefficient (Wildman–Crippen LogP) is 3.10. The summed E-state index contributed by atoms with van der Waals surface area (Å²) in [6, 6.07) is 2.21. The number of anilines is 1. The lowest BCUT2D eigenvalue weighted by molar-refractivity contribution is 0.688. The Morgan fingerprint density at radius 2 is 2.12 bits per heavy atom. The fourth-order valence-electron chi connectivity index (χ4n) is 1.70. The monoisotopic (exact) mass is 347 g/mol. The second kappa shape index (κ2) is 4.37. The van der Waals surface area contributed by atoms with Crippen molar-refractivity contribution in [2.45, 2.75) is 27.3 Å². The van der Waals surface area contributed by atoms with Crippen molar-refractivity contribution >= 4 is 39.7 Å². The molecule has 0 aliphatic rings. The van der Waals surface area contributed by atoms with Gasteiger partial charge in [0.25, 0.3) is 0 Å². The fraction of sp³-hybridized carbons (Fsp3) is 0.364. The third kappa shape index (κ3) is 2.10. The van der Waals surface area contributed by atoms with Crippen LogP contribution in [0.4, 0.5) is 5.82 Å². The first-order chi connectivity index (χ1) is 7.49. The van der Waals surface area contributed by atoms with Gasteiger partial charge < -0.3 is 5.73 Å². The van der Waals surface area contributed by atoms with Gasteiger partial charge in [0, 0.05) is 9.75 Å². The van der Waals surface area contributed by atoms with Gasteiger partial charge in [-0.3, -0.25) is 0 Å². The van der Waals surface area contributed by atoms with Gasteiger partial charge in [-0.1, -0.05) is 0 Å². The van der Waals surface area contributed by atoms with Gasteiger partial charge in [0.15, 0.2) is 0 Å². The molecule has 0 saturated heterocycles. The van der Waals surface area contributed by atoms with Gasteiger partial charge in [-0.15, -0.1) is 11.3 Å². The molecule has 3 nitrogen and oxygen atoms in total. The third-order valence-electron chi connectivity index (χ3n) is 2.56. The number of nitrogen functional groups attached to an aromatic ring is 1. The number of aryl methyl sites for hydroxylation is 3. The van der Waals surface area contributed by atoms with E-state index in [1.807, 2.05) is 22.9 Å². The van der Waals surface area contributed by atoms with Crippen LogP contribution in [-0.2, 0) is 6.54 Å². The van der Waals surface area contributed by atoms with Crippen molar-refractivity contribution in [1.29, 1.82) is 0 Å². The number of hydrogen-bond acceptors (Lipinski definition) is 3. The highest BCUT2D eigenvalue weighted by atomic mass is 127. The van der Waals surface area contributed by atoms with Crippen LogP contribution >= 0.6 is 33.9 Å². The highest BCUT2D eigenvalue weighted by Crippen LogP contribution is 2.24. The zero-order chi connectivity index (χ0) is 11.9. The number of rotatable bonds is 2. The summed E-state index contributed by atoms with van der Waals surface area (Å²) in [5, 5.41) is 4.44. The van der Waals surface area contributed by atoms with Crippen LogP contribution in [0.25, 0.3) is 0 Å². The lowest BCUT2D eigenvalue weighted by atomic mass is 10.2. The number of aromatic nitrogens is 2. The molecule has 2 N–H and O–H groups in total. The van der Waals surface area contributed by atoms with Crippen LogP contribution in [0.2, 0.25) is 0 Å². The topological polar surface area (TPSA) is 43.8 Å². The summed E-state index contributed by atoms with van der Waals surface area (Å²) in [6.07, 6.45) is 0. The molecule has 2 aromatic heterocycles. The van der Waals surface area contributed by atoms with Crippen molar-refractivity contribution in [2.24, 2.45) is 0 Å². The zero-order valence-corrected chi connectivity index (χ0v) is 12.5. The lowest BCUT2D eigenvalue weighted by Gasteiger charge is -2.03. The van der Waals surface area contributed by atoms with Crippen LogP contribution in [0.15, 0.2) is 6.07 Å². The van der Waals surface area contributed by atoms with Crippen molar-refractivity contribution in [3.8, 4) is 0 Å². The van der Waals surface area contributed by atoms with E-state index in [1.54, 1.807) is 0 Å². The van der Waals surface area contributed by atoms with Crippen molar-refractivity contribution in [3.05, 3.63) is 30.6 Å². The third-order valence-corrected chi connectivity index (χ3v) is 4.90. The Morgan fingerprint density at radius 3 is 2.56 bits per heavy atom. The summed E-state index contributed by atoms with van der Waals surface area (Å²) in [4.78, 5) is 2.68. The molecule has 0 atom stereocenters. The first-order valence-electron chi connectivity index (χ1n) is 5.03. The molecule has 0 aliphatic heterocycles. The van der Waals surface area contributed by atoms with E-state index >= 15 is 0 Å². The van der Waals surface area contributed by atoms with Crippen LogP contribution < -0.4 is 5.73 Å². The van der Waals surface area contributed by atoms with Gasteiger partial charge >= 0.3 is 0 Å². The molecule has 0 saturated carbocycles. The van der Waals surface area contributed by atoms with E-state index in [9.17, 15) is 0 Å².